The van der Waals surface area contributed by atoms with Crippen molar-refractivity contribution in [2.24, 2.45) is 0 Å². The number of methoxy groups -OCH3 is 1. The van der Waals surface area contributed by atoms with E-state index >= 15 is 0 Å². The molecule has 0 aliphatic carbocycles. The minimum atomic E-state index is 0.129. The second-order valence-corrected chi connectivity index (χ2v) is 5.50. The summed E-state index contributed by atoms with van der Waals surface area (Å²) in [6.07, 6.45) is 3.44. The van der Waals surface area contributed by atoms with Crippen LogP contribution < -0.4 is 4.74 Å². The third-order valence-corrected chi connectivity index (χ3v) is 4.00. The molecule has 0 atom stereocenters. The van der Waals surface area contributed by atoms with Crippen molar-refractivity contribution in [1.29, 1.82) is 0 Å². The standard InChI is InChI=1S/C18H20N2O2/c1-22-17-7-5-6-16(19-17)14-8-10-15(11-9-14)18(21)20-12-3-2-4-13-20/h5-11H,2-4,12-13H2,1H3. The van der Waals surface area contributed by atoms with Gasteiger partial charge in [0, 0.05) is 30.3 Å². The number of likely N-dealkylation sites (tertiary alicyclic amines) is 1. The van der Waals surface area contributed by atoms with Gasteiger partial charge in [-0.15, -0.1) is 0 Å². The number of aromatic nitrogens is 1. The Morgan fingerprint density at radius 3 is 2.45 bits per heavy atom. The summed E-state index contributed by atoms with van der Waals surface area (Å²) in [7, 11) is 1.60. The summed E-state index contributed by atoms with van der Waals surface area (Å²) in [6.45, 7) is 1.75. The zero-order valence-corrected chi connectivity index (χ0v) is 12.8. The Morgan fingerprint density at radius 1 is 1.05 bits per heavy atom. The molecule has 0 unspecified atom stereocenters. The maximum absolute atomic E-state index is 12.4. The molecule has 4 heteroatoms. The molecule has 114 valence electrons. The minimum absolute atomic E-state index is 0.129. The van der Waals surface area contributed by atoms with E-state index < -0.39 is 0 Å². The topological polar surface area (TPSA) is 42.4 Å². The third-order valence-electron chi connectivity index (χ3n) is 4.00. The molecule has 1 saturated heterocycles. The van der Waals surface area contributed by atoms with Gasteiger partial charge in [-0.2, -0.15) is 0 Å². The molecule has 0 spiro atoms. The van der Waals surface area contributed by atoms with Gasteiger partial charge >= 0.3 is 0 Å². The number of benzene rings is 1. The predicted octanol–water partition coefficient (Wildman–Crippen LogP) is 3.38. The van der Waals surface area contributed by atoms with Gasteiger partial charge in [-0.05, 0) is 37.5 Å². The minimum Gasteiger partial charge on any atom is -0.481 e. The van der Waals surface area contributed by atoms with Crippen LogP contribution in [0.5, 0.6) is 5.88 Å². The number of rotatable bonds is 3. The molecule has 1 amide bonds. The second kappa shape index (κ2) is 6.60. The lowest BCUT2D eigenvalue weighted by molar-refractivity contribution is 0.0724. The highest BCUT2D eigenvalue weighted by Crippen LogP contribution is 2.21. The molecule has 3 rings (SSSR count). The molecule has 0 radical (unpaired) electrons. The van der Waals surface area contributed by atoms with Crippen LogP contribution in [0.1, 0.15) is 29.6 Å². The van der Waals surface area contributed by atoms with Crippen LogP contribution in [0.2, 0.25) is 0 Å². The van der Waals surface area contributed by atoms with Gasteiger partial charge in [-0.1, -0.05) is 18.2 Å². The fourth-order valence-corrected chi connectivity index (χ4v) is 2.75. The van der Waals surface area contributed by atoms with E-state index in [0.717, 1.165) is 42.8 Å². The molecule has 4 nitrogen and oxygen atoms in total. The lowest BCUT2D eigenvalue weighted by atomic mass is 10.1. The smallest absolute Gasteiger partial charge is 0.253 e. The van der Waals surface area contributed by atoms with E-state index in [4.69, 9.17) is 4.74 Å². The predicted molar refractivity (Wildman–Crippen MR) is 86.0 cm³/mol. The quantitative estimate of drug-likeness (QED) is 0.872. The van der Waals surface area contributed by atoms with E-state index in [1.165, 1.54) is 6.42 Å². The van der Waals surface area contributed by atoms with Crippen LogP contribution in [0.15, 0.2) is 42.5 Å². The molecule has 2 aromatic rings. The molecule has 1 aromatic heterocycles. The summed E-state index contributed by atoms with van der Waals surface area (Å²) in [4.78, 5) is 18.8. The monoisotopic (exact) mass is 296 g/mol. The number of ether oxygens (including phenoxy) is 1. The molecule has 1 aliphatic rings. The van der Waals surface area contributed by atoms with Crippen molar-refractivity contribution in [3.05, 3.63) is 48.0 Å². The summed E-state index contributed by atoms with van der Waals surface area (Å²) >= 11 is 0. The molecule has 1 aromatic carbocycles. The lowest BCUT2D eigenvalue weighted by Crippen LogP contribution is -2.35. The lowest BCUT2D eigenvalue weighted by Gasteiger charge is -2.26. The highest BCUT2D eigenvalue weighted by Gasteiger charge is 2.17. The fourth-order valence-electron chi connectivity index (χ4n) is 2.75. The number of hydrogen-bond donors (Lipinski definition) is 0. The van der Waals surface area contributed by atoms with E-state index in [0.29, 0.717) is 5.88 Å². The summed E-state index contributed by atoms with van der Waals surface area (Å²) < 4.78 is 5.15. The molecule has 1 aliphatic heterocycles. The zero-order valence-electron chi connectivity index (χ0n) is 12.8. The third kappa shape index (κ3) is 3.11. The van der Waals surface area contributed by atoms with Crippen LogP contribution >= 0.6 is 0 Å². The van der Waals surface area contributed by atoms with Crippen LogP contribution in [0, 0.1) is 0 Å². The molecular formula is C18H20N2O2. The first-order valence-corrected chi connectivity index (χ1v) is 7.69. The van der Waals surface area contributed by atoms with Crippen molar-refractivity contribution < 1.29 is 9.53 Å². The Hall–Kier alpha value is -2.36. The van der Waals surface area contributed by atoms with Crippen LogP contribution in [-0.2, 0) is 0 Å². The first kappa shape index (κ1) is 14.6. The number of nitrogens with zero attached hydrogens (tertiary/aromatic N) is 2. The van der Waals surface area contributed by atoms with Crippen molar-refractivity contribution in [3.63, 3.8) is 0 Å². The SMILES string of the molecule is COc1cccc(-c2ccc(C(=O)N3CCCCC3)cc2)n1. The van der Waals surface area contributed by atoms with Crippen molar-refractivity contribution in [1.82, 2.24) is 9.88 Å². The van der Waals surface area contributed by atoms with Gasteiger partial charge in [0.2, 0.25) is 5.88 Å². The van der Waals surface area contributed by atoms with Gasteiger partial charge in [-0.3, -0.25) is 4.79 Å². The Balaban J connectivity index is 1.78. The van der Waals surface area contributed by atoms with Crippen LogP contribution in [0.3, 0.4) is 0 Å². The van der Waals surface area contributed by atoms with E-state index in [1.807, 2.05) is 47.4 Å². The average molecular weight is 296 g/mol. The second-order valence-electron chi connectivity index (χ2n) is 5.50. The number of pyridine rings is 1. The molecule has 22 heavy (non-hydrogen) atoms. The maximum Gasteiger partial charge on any atom is 0.253 e. The number of carbonyl (C=O) groups is 1. The average Bonchev–Trinajstić information content (AvgIpc) is 2.62. The van der Waals surface area contributed by atoms with E-state index in [-0.39, 0.29) is 5.91 Å². The Bertz CT molecular complexity index is 646. The zero-order chi connectivity index (χ0) is 15.4. The normalized spacial score (nSPS) is 14.7. The van der Waals surface area contributed by atoms with Crippen LogP contribution in [-0.4, -0.2) is 36.0 Å². The van der Waals surface area contributed by atoms with Crippen molar-refractivity contribution in [3.8, 4) is 17.1 Å². The molecule has 0 N–H and O–H groups in total. The summed E-state index contributed by atoms with van der Waals surface area (Å²) in [6, 6.07) is 13.3. The highest BCUT2D eigenvalue weighted by molar-refractivity contribution is 5.94. The Morgan fingerprint density at radius 2 is 1.77 bits per heavy atom. The van der Waals surface area contributed by atoms with Crippen molar-refractivity contribution >= 4 is 5.91 Å². The molecule has 0 bridgehead atoms. The Kier molecular flexibility index (Phi) is 4.37. The van der Waals surface area contributed by atoms with Crippen molar-refractivity contribution in [2.45, 2.75) is 19.3 Å². The Labute approximate surface area is 130 Å². The first-order valence-electron chi connectivity index (χ1n) is 7.69. The summed E-state index contributed by atoms with van der Waals surface area (Å²) in [5.41, 5.74) is 2.57. The molecule has 1 fully saturated rings. The number of carbonyl (C=O) groups excluding carboxylic acids is 1. The van der Waals surface area contributed by atoms with E-state index in [2.05, 4.69) is 4.98 Å². The van der Waals surface area contributed by atoms with Gasteiger partial charge in [0.05, 0.1) is 12.8 Å². The molecular weight excluding hydrogens is 276 g/mol. The summed E-state index contributed by atoms with van der Waals surface area (Å²) in [5, 5.41) is 0. The maximum atomic E-state index is 12.4. The van der Waals surface area contributed by atoms with Gasteiger partial charge in [0.25, 0.3) is 5.91 Å². The van der Waals surface area contributed by atoms with Gasteiger partial charge in [0.1, 0.15) is 0 Å². The number of piperidine rings is 1. The first-order chi connectivity index (χ1) is 10.8. The fraction of sp³-hybridized carbons (Fsp3) is 0.333. The highest BCUT2D eigenvalue weighted by atomic mass is 16.5. The van der Waals surface area contributed by atoms with Crippen molar-refractivity contribution in [2.75, 3.05) is 20.2 Å². The number of amides is 1. The summed E-state index contributed by atoms with van der Waals surface area (Å²) in [5.74, 6) is 0.718. The molecule has 2 heterocycles. The number of hydrogen-bond acceptors (Lipinski definition) is 3. The van der Waals surface area contributed by atoms with E-state index in [9.17, 15) is 4.79 Å². The largest absolute Gasteiger partial charge is 0.481 e. The van der Waals surface area contributed by atoms with Gasteiger partial charge < -0.3 is 9.64 Å². The van der Waals surface area contributed by atoms with Crippen LogP contribution in [0.25, 0.3) is 11.3 Å². The molecule has 0 saturated carbocycles. The van der Waals surface area contributed by atoms with Gasteiger partial charge in [0.15, 0.2) is 0 Å². The van der Waals surface area contributed by atoms with E-state index in [1.54, 1.807) is 7.11 Å². The van der Waals surface area contributed by atoms with Crippen LogP contribution in [0.4, 0.5) is 0 Å². The van der Waals surface area contributed by atoms with Gasteiger partial charge in [-0.25, -0.2) is 4.98 Å².